The Kier molecular flexibility index (Phi) is 4.36. The Morgan fingerprint density at radius 3 is 2.45 bits per heavy atom. The Bertz CT molecular complexity index is 432. The molecule has 3 nitrogen and oxygen atoms in total. The molecular formula is C17H24N2O. The van der Waals surface area contributed by atoms with Crippen molar-refractivity contribution >= 4 is 5.91 Å². The van der Waals surface area contributed by atoms with Crippen molar-refractivity contribution in [3.8, 4) is 0 Å². The molecule has 1 atom stereocenters. The fourth-order valence-electron chi connectivity index (χ4n) is 3.51. The highest BCUT2D eigenvalue weighted by Gasteiger charge is 2.28. The average molecular weight is 272 g/mol. The van der Waals surface area contributed by atoms with Gasteiger partial charge in [-0.25, -0.2) is 0 Å². The third-order valence-corrected chi connectivity index (χ3v) is 4.78. The first-order chi connectivity index (χ1) is 9.83. The molecule has 1 amide bonds. The second-order valence-corrected chi connectivity index (χ2v) is 6.16. The summed E-state index contributed by atoms with van der Waals surface area (Å²) >= 11 is 0. The van der Waals surface area contributed by atoms with Gasteiger partial charge in [-0.05, 0) is 50.1 Å². The molecule has 0 radical (unpaired) electrons. The van der Waals surface area contributed by atoms with Crippen molar-refractivity contribution in [2.75, 3.05) is 13.1 Å². The van der Waals surface area contributed by atoms with Gasteiger partial charge in [0.25, 0.3) is 0 Å². The number of hydrogen-bond acceptors (Lipinski definition) is 2. The Morgan fingerprint density at radius 2 is 1.80 bits per heavy atom. The van der Waals surface area contributed by atoms with Gasteiger partial charge in [0.05, 0.1) is 0 Å². The Balaban J connectivity index is 1.49. The molecule has 108 valence electrons. The lowest BCUT2D eigenvalue weighted by atomic mass is 9.78. The molecule has 1 aromatic rings. The van der Waals surface area contributed by atoms with Gasteiger partial charge in [-0.3, -0.25) is 4.79 Å². The van der Waals surface area contributed by atoms with Crippen LogP contribution in [0.3, 0.4) is 0 Å². The lowest BCUT2D eigenvalue weighted by Gasteiger charge is -2.28. The summed E-state index contributed by atoms with van der Waals surface area (Å²) in [7, 11) is 0. The number of nitrogens with one attached hydrogen (secondary N) is 2. The van der Waals surface area contributed by atoms with E-state index in [2.05, 4.69) is 41.0 Å². The molecule has 1 saturated heterocycles. The van der Waals surface area contributed by atoms with E-state index < -0.39 is 0 Å². The topological polar surface area (TPSA) is 41.1 Å². The van der Waals surface area contributed by atoms with Gasteiger partial charge in [0.2, 0.25) is 5.91 Å². The van der Waals surface area contributed by atoms with Gasteiger partial charge < -0.3 is 10.6 Å². The highest BCUT2D eigenvalue weighted by atomic mass is 16.1. The quantitative estimate of drug-likeness (QED) is 0.887. The number of rotatable bonds is 3. The minimum Gasteiger partial charge on any atom is -0.352 e. The summed E-state index contributed by atoms with van der Waals surface area (Å²) in [6.45, 7) is 1.97. The Labute approximate surface area is 121 Å². The Morgan fingerprint density at radius 1 is 1.05 bits per heavy atom. The molecule has 0 bridgehead atoms. The molecule has 1 aromatic carbocycles. The van der Waals surface area contributed by atoms with Crippen molar-refractivity contribution in [3.63, 3.8) is 0 Å². The van der Waals surface area contributed by atoms with E-state index in [0.717, 1.165) is 45.2 Å². The summed E-state index contributed by atoms with van der Waals surface area (Å²) in [6.07, 6.45) is 5.43. The van der Waals surface area contributed by atoms with Crippen molar-refractivity contribution in [1.82, 2.24) is 10.6 Å². The fourth-order valence-corrected chi connectivity index (χ4v) is 3.51. The van der Waals surface area contributed by atoms with Gasteiger partial charge >= 0.3 is 0 Å². The predicted octanol–water partition coefficient (Wildman–Crippen LogP) is 2.44. The molecule has 1 heterocycles. The van der Waals surface area contributed by atoms with Crippen molar-refractivity contribution < 1.29 is 4.79 Å². The number of hydrogen-bond donors (Lipinski definition) is 2. The zero-order valence-corrected chi connectivity index (χ0v) is 12.0. The van der Waals surface area contributed by atoms with Crippen molar-refractivity contribution in [1.29, 1.82) is 0 Å². The van der Waals surface area contributed by atoms with Crippen LogP contribution >= 0.6 is 0 Å². The van der Waals surface area contributed by atoms with Crippen LogP contribution in [0.4, 0.5) is 0 Å². The molecule has 3 rings (SSSR count). The van der Waals surface area contributed by atoms with Crippen LogP contribution in [0.5, 0.6) is 0 Å². The fraction of sp³-hybridized carbons (Fsp3) is 0.588. The van der Waals surface area contributed by atoms with Crippen molar-refractivity contribution in [2.24, 2.45) is 5.92 Å². The SMILES string of the molecule is O=C(NC1CCNC1)C1CCC(c2ccccc2)CC1. The van der Waals surface area contributed by atoms with Crippen LogP contribution in [0.25, 0.3) is 0 Å². The van der Waals surface area contributed by atoms with Crippen molar-refractivity contribution in [3.05, 3.63) is 35.9 Å². The van der Waals surface area contributed by atoms with Crippen LogP contribution in [0, 0.1) is 5.92 Å². The summed E-state index contributed by atoms with van der Waals surface area (Å²) in [6, 6.07) is 11.1. The van der Waals surface area contributed by atoms with E-state index in [4.69, 9.17) is 0 Å². The van der Waals surface area contributed by atoms with E-state index in [1.165, 1.54) is 5.56 Å². The van der Waals surface area contributed by atoms with Crippen LogP contribution in [0.1, 0.15) is 43.6 Å². The summed E-state index contributed by atoms with van der Waals surface area (Å²) < 4.78 is 0. The molecule has 3 heteroatoms. The highest BCUT2D eigenvalue weighted by molar-refractivity contribution is 5.79. The van der Waals surface area contributed by atoms with Gasteiger partial charge in [-0.1, -0.05) is 30.3 Å². The van der Waals surface area contributed by atoms with Gasteiger partial charge in [0, 0.05) is 18.5 Å². The van der Waals surface area contributed by atoms with Gasteiger partial charge in [-0.2, -0.15) is 0 Å². The molecule has 1 unspecified atom stereocenters. The van der Waals surface area contributed by atoms with E-state index in [1.807, 2.05) is 0 Å². The molecule has 20 heavy (non-hydrogen) atoms. The maximum atomic E-state index is 12.3. The summed E-state index contributed by atoms with van der Waals surface area (Å²) in [5.41, 5.74) is 1.44. The number of benzene rings is 1. The van der Waals surface area contributed by atoms with E-state index in [0.29, 0.717) is 12.0 Å². The van der Waals surface area contributed by atoms with Crippen LogP contribution in [-0.4, -0.2) is 25.0 Å². The summed E-state index contributed by atoms with van der Waals surface area (Å²) in [4.78, 5) is 12.3. The minimum absolute atomic E-state index is 0.232. The Hall–Kier alpha value is -1.35. The predicted molar refractivity (Wildman–Crippen MR) is 80.6 cm³/mol. The average Bonchev–Trinajstić information content (AvgIpc) is 3.01. The van der Waals surface area contributed by atoms with E-state index >= 15 is 0 Å². The summed E-state index contributed by atoms with van der Waals surface area (Å²) in [5, 5.41) is 6.50. The third-order valence-electron chi connectivity index (χ3n) is 4.78. The largest absolute Gasteiger partial charge is 0.352 e. The summed E-state index contributed by atoms with van der Waals surface area (Å²) in [5.74, 6) is 1.16. The smallest absolute Gasteiger partial charge is 0.223 e. The molecule has 1 aliphatic heterocycles. The van der Waals surface area contributed by atoms with E-state index in [1.54, 1.807) is 0 Å². The van der Waals surface area contributed by atoms with Gasteiger partial charge in [0.1, 0.15) is 0 Å². The highest BCUT2D eigenvalue weighted by Crippen LogP contribution is 2.35. The molecular weight excluding hydrogens is 248 g/mol. The third kappa shape index (κ3) is 3.21. The second kappa shape index (κ2) is 6.40. The normalized spacial score (nSPS) is 30.1. The van der Waals surface area contributed by atoms with Crippen molar-refractivity contribution in [2.45, 2.75) is 44.1 Å². The van der Waals surface area contributed by atoms with Crippen LogP contribution in [0.15, 0.2) is 30.3 Å². The van der Waals surface area contributed by atoms with Crippen LogP contribution in [-0.2, 0) is 4.79 Å². The lowest BCUT2D eigenvalue weighted by molar-refractivity contribution is -0.126. The molecule has 0 spiro atoms. The van der Waals surface area contributed by atoms with E-state index in [-0.39, 0.29) is 11.8 Å². The first kappa shape index (κ1) is 13.6. The van der Waals surface area contributed by atoms with Gasteiger partial charge in [-0.15, -0.1) is 0 Å². The van der Waals surface area contributed by atoms with Gasteiger partial charge in [0.15, 0.2) is 0 Å². The minimum atomic E-state index is 0.232. The lowest BCUT2D eigenvalue weighted by Crippen LogP contribution is -2.40. The number of carbonyl (C=O) groups is 1. The molecule has 2 N–H and O–H groups in total. The van der Waals surface area contributed by atoms with E-state index in [9.17, 15) is 4.79 Å². The maximum Gasteiger partial charge on any atom is 0.223 e. The zero-order valence-electron chi connectivity index (χ0n) is 12.0. The standard InChI is InChI=1S/C17H24N2O/c20-17(19-16-10-11-18-12-16)15-8-6-14(7-9-15)13-4-2-1-3-5-13/h1-5,14-16,18H,6-12H2,(H,19,20). The first-order valence-corrected chi connectivity index (χ1v) is 7.89. The number of carbonyl (C=O) groups excluding carboxylic acids is 1. The van der Waals surface area contributed by atoms with Crippen LogP contribution < -0.4 is 10.6 Å². The molecule has 1 aliphatic carbocycles. The zero-order chi connectivity index (χ0) is 13.8. The molecule has 2 fully saturated rings. The first-order valence-electron chi connectivity index (χ1n) is 7.89. The van der Waals surface area contributed by atoms with Crippen LogP contribution in [0.2, 0.25) is 0 Å². The molecule has 0 aromatic heterocycles. The second-order valence-electron chi connectivity index (χ2n) is 6.16. The molecule has 1 saturated carbocycles. The molecule has 2 aliphatic rings. The maximum absolute atomic E-state index is 12.3. The number of amides is 1. The monoisotopic (exact) mass is 272 g/mol.